The van der Waals surface area contributed by atoms with Crippen LogP contribution < -0.4 is 5.56 Å². The molecule has 2 aromatic heterocycles. The fourth-order valence-electron chi connectivity index (χ4n) is 4.06. The number of ether oxygens (including phenoxy) is 1. The molecule has 4 rings (SSSR count). The Morgan fingerprint density at radius 1 is 1.38 bits per heavy atom. The number of carbonyl (C=O) groups excluding carboxylic acids is 1. The SMILES string of the molecule is Cc1cc(C(=O)N2CCO[C@H]3CCCC[C@H]32)c2c(=O)[nH]n(C)c2n1. The van der Waals surface area contributed by atoms with Gasteiger partial charge in [-0.05, 0) is 25.8 Å². The summed E-state index contributed by atoms with van der Waals surface area (Å²) in [6.45, 7) is 2.98. The first-order valence-electron chi connectivity index (χ1n) is 8.55. The second kappa shape index (κ2) is 5.73. The number of morpholine rings is 1. The van der Waals surface area contributed by atoms with Gasteiger partial charge in [0.2, 0.25) is 0 Å². The molecule has 2 aromatic rings. The first-order chi connectivity index (χ1) is 11.6. The normalized spacial score (nSPS) is 24.2. The lowest BCUT2D eigenvalue weighted by atomic mass is 9.89. The number of hydrogen-bond acceptors (Lipinski definition) is 4. The molecule has 1 N–H and O–H groups in total. The van der Waals surface area contributed by atoms with Crippen LogP contribution in [0, 0.1) is 6.92 Å². The van der Waals surface area contributed by atoms with Gasteiger partial charge in [0, 0.05) is 19.3 Å². The van der Waals surface area contributed by atoms with Crippen molar-refractivity contribution in [3.63, 3.8) is 0 Å². The van der Waals surface area contributed by atoms with Gasteiger partial charge in [-0.3, -0.25) is 19.4 Å². The number of carbonyl (C=O) groups is 1. The minimum absolute atomic E-state index is 0.0811. The van der Waals surface area contributed by atoms with Crippen molar-refractivity contribution in [2.24, 2.45) is 7.05 Å². The Morgan fingerprint density at radius 3 is 3.00 bits per heavy atom. The van der Waals surface area contributed by atoms with E-state index in [1.165, 1.54) is 0 Å². The summed E-state index contributed by atoms with van der Waals surface area (Å²) in [7, 11) is 1.73. The quantitative estimate of drug-likeness (QED) is 0.856. The molecule has 0 aromatic carbocycles. The number of rotatable bonds is 1. The highest BCUT2D eigenvalue weighted by molar-refractivity contribution is 6.05. The topological polar surface area (TPSA) is 80.2 Å². The average molecular weight is 330 g/mol. The Kier molecular flexibility index (Phi) is 3.68. The van der Waals surface area contributed by atoms with Crippen LogP contribution in [-0.4, -0.2) is 50.9 Å². The Morgan fingerprint density at radius 2 is 2.17 bits per heavy atom. The fraction of sp³-hybridized carbons (Fsp3) is 0.588. The van der Waals surface area contributed by atoms with E-state index in [-0.39, 0.29) is 23.6 Å². The predicted molar refractivity (Wildman–Crippen MR) is 89.1 cm³/mol. The number of pyridine rings is 1. The smallest absolute Gasteiger partial charge is 0.274 e. The van der Waals surface area contributed by atoms with Crippen molar-refractivity contribution in [2.45, 2.75) is 44.8 Å². The highest BCUT2D eigenvalue weighted by Crippen LogP contribution is 2.30. The molecule has 7 heteroatoms. The first kappa shape index (κ1) is 15.4. The molecule has 1 saturated carbocycles. The molecule has 128 valence electrons. The first-order valence-corrected chi connectivity index (χ1v) is 8.55. The van der Waals surface area contributed by atoms with E-state index in [0.717, 1.165) is 31.4 Å². The summed E-state index contributed by atoms with van der Waals surface area (Å²) in [6.07, 6.45) is 4.37. The Labute approximate surface area is 139 Å². The highest BCUT2D eigenvalue weighted by Gasteiger charge is 2.37. The van der Waals surface area contributed by atoms with Gasteiger partial charge in [0.15, 0.2) is 5.65 Å². The van der Waals surface area contributed by atoms with Crippen molar-refractivity contribution in [3.05, 3.63) is 27.7 Å². The molecule has 2 fully saturated rings. The summed E-state index contributed by atoms with van der Waals surface area (Å²) in [5.41, 5.74) is 1.44. The van der Waals surface area contributed by atoms with Gasteiger partial charge in [0.05, 0.1) is 29.7 Å². The number of H-pyrrole nitrogens is 1. The minimum Gasteiger partial charge on any atom is -0.374 e. The molecule has 1 amide bonds. The standard InChI is InChI=1S/C17H22N4O3/c1-10-9-11(14-15(18-10)20(2)19-16(14)22)17(23)21-7-8-24-13-6-4-3-5-12(13)21/h9,12-13H,3-8H2,1-2H3,(H,19,22)/t12-,13+/m1/s1. The number of hydrogen-bond donors (Lipinski definition) is 1. The maximum atomic E-state index is 13.3. The van der Waals surface area contributed by atoms with Crippen molar-refractivity contribution in [2.75, 3.05) is 13.2 Å². The summed E-state index contributed by atoms with van der Waals surface area (Å²) in [5.74, 6) is -0.0811. The van der Waals surface area contributed by atoms with Crippen molar-refractivity contribution in [1.82, 2.24) is 19.7 Å². The number of amides is 1. The molecular formula is C17H22N4O3. The number of fused-ring (bicyclic) bond motifs is 2. The van der Waals surface area contributed by atoms with E-state index < -0.39 is 0 Å². The second-order valence-corrected chi connectivity index (χ2v) is 6.77. The number of nitrogens with zero attached hydrogens (tertiary/aromatic N) is 3. The summed E-state index contributed by atoms with van der Waals surface area (Å²) in [4.78, 5) is 31.9. The minimum atomic E-state index is -0.267. The van der Waals surface area contributed by atoms with E-state index in [1.54, 1.807) is 17.8 Å². The maximum absolute atomic E-state index is 13.3. The van der Waals surface area contributed by atoms with Crippen LogP contribution in [0.5, 0.6) is 0 Å². The molecule has 0 bridgehead atoms. The van der Waals surface area contributed by atoms with Crippen LogP contribution >= 0.6 is 0 Å². The lowest BCUT2D eigenvalue weighted by Gasteiger charge is -2.43. The lowest BCUT2D eigenvalue weighted by molar-refractivity contribution is -0.0752. The lowest BCUT2D eigenvalue weighted by Crippen LogP contribution is -2.54. The van der Waals surface area contributed by atoms with Crippen LogP contribution in [0.25, 0.3) is 11.0 Å². The zero-order chi connectivity index (χ0) is 16.8. The Hall–Kier alpha value is -2.15. The van der Waals surface area contributed by atoms with E-state index in [4.69, 9.17) is 4.74 Å². The molecule has 24 heavy (non-hydrogen) atoms. The monoisotopic (exact) mass is 330 g/mol. The van der Waals surface area contributed by atoms with Crippen LogP contribution in [0.15, 0.2) is 10.9 Å². The van der Waals surface area contributed by atoms with Gasteiger partial charge in [-0.15, -0.1) is 0 Å². The number of aromatic amines is 1. The van der Waals surface area contributed by atoms with Gasteiger partial charge in [-0.25, -0.2) is 4.98 Å². The number of aryl methyl sites for hydroxylation is 2. The molecule has 2 aliphatic rings. The van der Waals surface area contributed by atoms with E-state index in [1.807, 2.05) is 11.8 Å². The van der Waals surface area contributed by atoms with Crippen LogP contribution in [0.2, 0.25) is 0 Å². The molecule has 0 unspecified atom stereocenters. The van der Waals surface area contributed by atoms with Crippen molar-refractivity contribution in [3.8, 4) is 0 Å². The van der Waals surface area contributed by atoms with Gasteiger partial charge < -0.3 is 9.64 Å². The Balaban J connectivity index is 1.79. The van der Waals surface area contributed by atoms with Crippen molar-refractivity contribution in [1.29, 1.82) is 0 Å². The van der Waals surface area contributed by atoms with Crippen molar-refractivity contribution < 1.29 is 9.53 Å². The van der Waals surface area contributed by atoms with E-state index in [0.29, 0.717) is 29.7 Å². The molecule has 0 spiro atoms. The average Bonchev–Trinajstić information content (AvgIpc) is 2.87. The Bertz CT molecular complexity index is 851. The summed E-state index contributed by atoms with van der Waals surface area (Å²) < 4.78 is 7.43. The molecule has 7 nitrogen and oxygen atoms in total. The largest absolute Gasteiger partial charge is 0.374 e. The number of nitrogens with one attached hydrogen (secondary N) is 1. The molecular weight excluding hydrogens is 308 g/mol. The zero-order valence-electron chi connectivity index (χ0n) is 14.0. The summed E-state index contributed by atoms with van der Waals surface area (Å²) in [5, 5.41) is 3.08. The van der Waals surface area contributed by atoms with Crippen LogP contribution in [0.3, 0.4) is 0 Å². The van der Waals surface area contributed by atoms with Gasteiger partial charge in [0.1, 0.15) is 0 Å². The summed E-state index contributed by atoms with van der Waals surface area (Å²) in [6, 6.07) is 1.85. The third-order valence-corrected chi connectivity index (χ3v) is 5.17. The van der Waals surface area contributed by atoms with Gasteiger partial charge in [-0.1, -0.05) is 12.8 Å². The predicted octanol–water partition coefficient (Wildman–Crippen LogP) is 1.35. The molecule has 0 radical (unpaired) electrons. The van der Waals surface area contributed by atoms with E-state index >= 15 is 0 Å². The third kappa shape index (κ3) is 2.34. The fourth-order valence-corrected chi connectivity index (χ4v) is 4.06. The maximum Gasteiger partial charge on any atom is 0.274 e. The van der Waals surface area contributed by atoms with Crippen LogP contribution in [0.1, 0.15) is 41.7 Å². The van der Waals surface area contributed by atoms with Gasteiger partial charge >= 0.3 is 0 Å². The highest BCUT2D eigenvalue weighted by atomic mass is 16.5. The van der Waals surface area contributed by atoms with Crippen LogP contribution in [0.4, 0.5) is 0 Å². The van der Waals surface area contributed by atoms with E-state index in [2.05, 4.69) is 10.1 Å². The van der Waals surface area contributed by atoms with Crippen LogP contribution in [-0.2, 0) is 11.8 Å². The molecule has 3 heterocycles. The van der Waals surface area contributed by atoms with Gasteiger partial charge in [0.25, 0.3) is 11.5 Å². The summed E-state index contributed by atoms with van der Waals surface area (Å²) >= 11 is 0. The zero-order valence-corrected chi connectivity index (χ0v) is 14.0. The third-order valence-electron chi connectivity index (χ3n) is 5.17. The molecule has 1 aliphatic carbocycles. The molecule has 2 atom stereocenters. The van der Waals surface area contributed by atoms with Crippen molar-refractivity contribution >= 4 is 16.9 Å². The van der Waals surface area contributed by atoms with E-state index in [9.17, 15) is 9.59 Å². The second-order valence-electron chi connectivity index (χ2n) is 6.77. The molecule has 1 saturated heterocycles. The molecule has 1 aliphatic heterocycles. The number of aromatic nitrogens is 3. The van der Waals surface area contributed by atoms with Gasteiger partial charge in [-0.2, -0.15) is 0 Å².